The molecule has 3 rings (SSSR count). The van der Waals surface area contributed by atoms with Gasteiger partial charge in [0.2, 0.25) is 0 Å². The molecule has 21 heavy (non-hydrogen) atoms. The largest absolute Gasteiger partial charge is 0.334 e. The molecule has 3 aromatic rings. The summed E-state index contributed by atoms with van der Waals surface area (Å²) in [5.74, 6) is -0.0831. The minimum atomic E-state index is -0.543. The molecule has 2 heterocycles. The first-order valence-electron chi connectivity index (χ1n) is 6.37. The van der Waals surface area contributed by atoms with Crippen molar-refractivity contribution in [3.63, 3.8) is 0 Å². The number of benzene rings is 1. The van der Waals surface area contributed by atoms with E-state index < -0.39 is 5.69 Å². The first kappa shape index (κ1) is 14.0. The quantitative estimate of drug-likeness (QED) is 0.738. The highest BCUT2D eigenvalue weighted by molar-refractivity contribution is 7.16. The molecule has 0 spiro atoms. The van der Waals surface area contributed by atoms with Crippen molar-refractivity contribution in [2.45, 2.75) is 19.8 Å². The summed E-state index contributed by atoms with van der Waals surface area (Å²) in [6.07, 6.45) is 0. The fourth-order valence-corrected chi connectivity index (χ4v) is 3.33. The Morgan fingerprint density at radius 1 is 1.33 bits per heavy atom. The molecule has 2 aromatic heterocycles. The average Bonchev–Trinajstić information content (AvgIpc) is 2.84. The zero-order chi connectivity index (χ0) is 15.1. The maximum Gasteiger partial charge on any atom is 0.334 e. The van der Waals surface area contributed by atoms with Crippen LogP contribution in [0.15, 0.2) is 33.3 Å². The number of fused-ring (bicyclic) bond motifs is 1. The highest BCUT2D eigenvalue weighted by atomic mass is 35.5. The van der Waals surface area contributed by atoms with Gasteiger partial charge in [-0.3, -0.25) is 9.78 Å². The van der Waals surface area contributed by atoms with E-state index in [0.717, 1.165) is 14.8 Å². The molecule has 0 aliphatic carbocycles. The van der Waals surface area contributed by atoms with E-state index in [-0.39, 0.29) is 16.6 Å². The van der Waals surface area contributed by atoms with Gasteiger partial charge in [0.25, 0.3) is 5.56 Å². The van der Waals surface area contributed by atoms with Crippen LogP contribution in [0.5, 0.6) is 0 Å². The predicted molar refractivity (Wildman–Crippen MR) is 84.9 cm³/mol. The number of halogens is 1. The van der Waals surface area contributed by atoms with Gasteiger partial charge in [0.1, 0.15) is 5.15 Å². The summed E-state index contributed by atoms with van der Waals surface area (Å²) in [5.41, 5.74) is 2.55. The lowest BCUT2D eigenvalue weighted by Gasteiger charge is -2.11. The van der Waals surface area contributed by atoms with Gasteiger partial charge < -0.3 is 0 Å². The number of H-pyrrole nitrogens is 1. The molecular weight excluding hydrogens is 310 g/mol. The van der Waals surface area contributed by atoms with E-state index in [0.29, 0.717) is 11.3 Å². The van der Waals surface area contributed by atoms with Crippen molar-refractivity contribution in [1.82, 2.24) is 14.5 Å². The normalized spacial score (nSPS) is 11.4. The van der Waals surface area contributed by atoms with Crippen LogP contribution in [0.25, 0.3) is 15.9 Å². The van der Waals surface area contributed by atoms with E-state index in [1.165, 1.54) is 11.3 Å². The first-order valence-corrected chi connectivity index (χ1v) is 7.63. The number of rotatable bonds is 2. The molecule has 0 aliphatic heterocycles. The third kappa shape index (κ3) is 2.30. The van der Waals surface area contributed by atoms with E-state index in [2.05, 4.69) is 9.97 Å². The minimum Gasteiger partial charge on any atom is -0.297 e. The van der Waals surface area contributed by atoms with Crippen molar-refractivity contribution in [2.24, 2.45) is 0 Å². The molecule has 0 aliphatic rings. The van der Waals surface area contributed by atoms with E-state index in [9.17, 15) is 9.59 Å². The number of thiazole rings is 1. The molecule has 0 radical (unpaired) electrons. The summed E-state index contributed by atoms with van der Waals surface area (Å²) >= 11 is 7.45. The van der Waals surface area contributed by atoms with Crippen LogP contribution in [-0.4, -0.2) is 14.5 Å². The number of aromatic amines is 1. The van der Waals surface area contributed by atoms with Gasteiger partial charge in [0, 0.05) is 0 Å². The van der Waals surface area contributed by atoms with Crippen LogP contribution in [0.1, 0.15) is 25.3 Å². The van der Waals surface area contributed by atoms with Crippen molar-refractivity contribution < 1.29 is 0 Å². The van der Waals surface area contributed by atoms with Gasteiger partial charge in [-0.25, -0.2) is 14.3 Å². The van der Waals surface area contributed by atoms with Gasteiger partial charge in [-0.05, 0) is 24.1 Å². The van der Waals surface area contributed by atoms with Gasteiger partial charge >= 0.3 is 5.69 Å². The van der Waals surface area contributed by atoms with Gasteiger partial charge in [0.15, 0.2) is 0 Å². The SMILES string of the molecule is CC(C)c1c(Cl)[nH]c(=O)n(-c2ccc3ncsc3c2)c1=O. The zero-order valence-corrected chi connectivity index (χ0v) is 13.0. The van der Waals surface area contributed by atoms with Crippen LogP contribution >= 0.6 is 22.9 Å². The Balaban J connectivity index is 2.33. The number of nitrogens with one attached hydrogen (secondary N) is 1. The van der Waals surface area contributed by atoms with Gasteiger partial charge in [-0.15, -0.1) is 11.3 Å². The average molecular weight is 322 g/mol. The summed E-state index contributed by atoms with van der Waals surface area (Å²) < 4.78 is 2.03. The van der Waals surface area contributed by atoms with Crippen molar-refractivity contribution in [3.05, 3.63) is 55.3 Å². The Bertz CT molecular complexity index is 939. The molecule has 1 N–H and O–H groups in total. The van der Waals surface area contributed by atoms with E-state index in [4.69, 9.17) is 11.6 Å². The Morgan fingerprint density at radius 2 is 2.10 bits per heavy atom. The molecular formula is C14H12ClN3O2S. The first-order chi connectivity index (χ1) is 9.99. The molecule has 7 heteroatoms. The van der Waals surface area contributed by atoms with E-state index >= 15 is 0 Å². The minimum absolute atomic E-state index is 0.0831. The molecule has 0 unspecified atom stereocenters. The lowest BCUT2D eigenvalue weighted by Crippen LogP contribution is -2.36. The number of nitrogens with zero attached hydrogens (tertiary/aromatic N) is 2. The van der Waals surface area contributed by atoms with Crippen LogP contribution in [0.4, 0.5) is 0 Å². The van der Waals surface area contributed by atoms with E-state index in [1.807, 2.05) is 13.8 Å². The molecule has 0 atom stereocenters. The second-order valence-electron chi connectivity index (χ2n) is 4.96. The van der Waals surface area contributed by atoms with Crippen molar-refractivity contribution >= 4 is 33.2 Å². The molecule has 0 fully saturated rings. The second-order valence-corrected chi connectivity index (χ2v) is 6.22. The Morgan fingerprint density at radius 3 is 2.81 bits per heavy atom. The molecule has 1 aromatic carbocycles. The molecule has 0 saturated heterocycles. The maximum atomic E-state index is 12.6. The molecule has 108 valence electrons. The van der Waals surface area contributed by atoms with Crippen molar-refractivity contribution in [2.75, 3.05) is 0 Å². The summed E-state index contributed by atoms with van der Waals surface area (Å²) in [6, 6.07) is 5.27. The zero-order valence-electron chi connectivity index (χ0n) is 11.4. The van der Waals surface area contributed by atoms with Crippen LogP contribution in [0, 0.1) is 0 Å². The lowest BCUT2D eigenvalue weighted by molar-refractivity contribution is 0.778. The number of aromatic nitrogens is 3. The fourth-order valence-electron chi connectivity index (χ4n) is 2.24. The molecule has 0 saturated carbocycles. The summed E-state index contributed by atoms with van der Waals surface area (Å²) in [7, 11) is 0. The smallest absolute Gasteiger partial charge is 0.297 e. The van der Waals surface area contributed by atoms with Gasteiger partial charge in [-0.2, -0.15) is 0 Å². The summed E-state index contributed by atoms with van der Waals surface area (Å²) in [4.78, 5) is 31.4. The summed E-state index contributed by atoms with van der Waals surface area (Å²) in [5, 5.41) is 0.107. The van der Waals surface area contributed by atoms with E-state index in [1.54, 1.807) is 23.7 Å². The second kappa shape index (κ2) is 5.13. The molecule has 5 nitrogen and oxygen atoms in total. The standard InChI is InChI=1S/C14H12ClN3O2S/c1-7(2)11-12(15)17-14(20)18(13(11)19)8-3-4-9-10(5-8)21-6-16-9/h3-7H,1-2H3,(H,17,20). The lowest BCUT2D eigenvalue weighted by atomic mass is 10.1. The van der Waals surface area contributed by atoms with Crippen LogP contribution < -0.4 is 11.2 Å². The van der Waals surface area contributed by atoms with Gasteiger partial charge in [0.05, 0.1) is 27.0 Å². The summed E-state index contributed by atoms with van der Waals surface area (Å²) in [6.45, 7) is 3.72. The number of hydrogen-bond donors (Lipinski definition) is 1. The van der Waals surface area contributed by atoms with Crippen LogP contribution in [-0.2, 0) is 0 Å². The van der Waals surface area contributed by atoms with Crippen molar-refractivity contribution in [1.29, 1.82) is 0 Å². The Kier molecular flexibility index (Phi) is 3.43. The maximum absolute atomic E-state index is 12.6. The predicted octanol–water partition coefficient (Wildman–Crippen LogP) is 2.91. The topological polar surface area (TPSA) is 67.8 Å². The fraction of sp³-hybridized carbons (Fsp3) is 0.214. The number of hydrogen-bond acceptors (Lipinski definition) is 4. The monoisotopic (exact) mass is 321 g/mol. The molecule has 0 amide bonds. The van der Waals surface area contributed by atoms with Crippen LogP contribution in [0.3, 0.4) is 0 Å². The Hall–Kier alpha value is -1.92. The molecule has 0 bridgehead atoms. The van der Waals surface area contributed by atoms with Gasteiger partial charge in [-0.1, -0.05) is 25.4 Å². The third-order valence-electron chi connectivity index (χ3n) is 3.24. The van der Waals surface area contributed by atoms with Crippen LogP contribution in [0.2, 0.25) is 5.15 Å². The highest BCUT2D eigenvalue weighted by Crippen LogP contribution is 2.21. The Labute approximate surface area is 128 Å². The van der Waals surface area contributed by atoms with Crippen molar-refractivity contribution in [3.8, 4) is 5.69 Å². The third-order valence-corrected chi connectivity index (χ3v) is 4.33. The highest BCUT2D eigenvalue weighted by Gasteiger charge is 2.17.